The highest BCUT2D eigenvalue weighted by atomic mass is 16.3. The lowest BCUT2D eigenvalue weighted by Gasteiger charge is -2.37. The second-order valence-electron chi connectivity index (χ2n) is 4.28. The van der Waals surface area contributed by atoms with Crippen molar-refractivity contribution in [3.8, 4) is 0 Å². The summed E-state index contributed by atoms with van der Waals surface area (Å²) in [6, 6.07) is 0.457. The van der Waals surface area contributed by atoms with E-state index in [9.17, 15) is 0 Å². The molecule has 1 aliphatic heterocycles. The van der Waals surface area contributed by atoms with Gasteiger partial charge in [-0.05, 0) is 20.8 Å². The SMILES string of the molecule is Cc1ncoc1C1(C)CNCC(C)N1. The zero-order valence-corrected chi connectivity index (χ0v) is 8.92. The number of aromatic nitrogens is 1. The van der Waals surface area contributed by atoms with Crippen LogP contribution in [-0.2, 0) is 5.54 Å². The molecular formula is C10H17N3O. The molecule has 2 heterocycles. The Labute approximate surface area is 84.1 Å². The Balaban J connectivity index is 2.27. The second kappa shape index (κ2) is 3.37. The second-order valence-corrected chi connectivity index (χ2v) is 4.28. The van der Waals surface area contributed by atoms with Crippen molar-refractivity contribution in [2.24, 2.45) is 0 Å². The summed E-state index contributed by atoms with van der Waals surface area (Å²) in [7, 11) is 0. The predicted molar refractivity (Wildman–Crippen MR) is 54.1 cm³/mol. The monoisotopic (exact) mass is 195 g/mol. The van der Waals surface area contributed by atoms with Crippen LogP contribution in [0.4, 0.5) is 0 Å². The predicted octanol–water partition coefficient (Wildman–Crippen LogP) is 0.780. The summed E-state index contributed by atoms with van der Waals surface area (Å²) in [5.41, 5.74) is 0.842. The van der Waals surface area contributed by atoms with Crippen LogP contribution in [-0.4, -0.2) is 24.1 Å². The van der Waals surface area contributed by atoms with Gasteiger partial charge in [-0.1, -0.05) is 0 Å². The molecule has 2 rings (SSSR count). The molecular weight excluding hydrogens is 178 g/mol. The first-order chi connectivity index (χ1) is 6.62. The molecule has 0 spiro atoms. The maximum Gasteiger partial charge on any atom is 0.181 e. The molecule has 4 heteroatoms. The van der Waals surface area contributed by atoms with Gasteiger partial charge in [-0.25, -0.2) is 4.98 Å². The summed E-state index contributed by atoms with van der Waals surface area (Å²) < 4.78 is 5.44. The molecule has 78 valence electrons. The van der Waals surface area contributed by atoms with E-state index in [1.54, 1.807) is 0 Å². The molecule has 1 aromatic heterocycles. The number of rotatable bonds is 1. The van der Waals surface area contributed by atoms with Gasteiger partial charge in [0.15, 0.2) is 6.39 Å². The van der Waals surface area contributed by atoms with E-state index >= 15 is 0 Å². The number of nitrogens with zero attached hydrogens (tertiary/aromatic N) is 1. The third kappa shape index (κ3) is 1.55. The highest BCUT2D eigenvalue weighted by Crippen LogP contribution is 2.25. The van der Waals surface area contributed by atoms with Crippen LogP contribution in [0.1, 0.15) is 25.3 Å². The molecule has 0 aromatic carbocycles. The van der Waals surface area contributed by atoms with Crippen molar-refractivity contribution in [1.82, 2.24) is 15.6 Å². The lowest BCUT2D eigenvalue weighted by atomic mass is 9.94. The molecule has 0 aliphatic carbocycles. The third-order valence-corrected chi connectivity index (χ3v) is 2.74. The van der Waals surface area contributed by atoms with E-state index in [1.807, 2.05) is 6.92 Å². The minimum absolute atomic E-state index is 0.127. The molecule has 1 fully saturated rings. The van der Waals surface area contributed by atoms with Gasteiger partial charge in [0.2, 0.25) is 0 Å². The van der Waals surface area contributed by atoms with E-state index in [0.29, 0.717) is 6.04 Å². The van der Waals surface area contributed by atoms with Gasteiger partial charge in [0.05, 0.1) is 11.2 Å². The fourth-order valence-electron chi connectivity index (χ4n) is 2.16. The normalized spacial score (nSPS) is 33.2. The van der Waals surface area contributed by atoms with E-state index in [-0.39, 0.29) is 5.54 Å². The fraction of sp³-hybridized carbons (Fsp3) is 0.700. The average molecular weight is 195 g/mol. The van der Waals surface area contributed by atoms with E-state index in [0.717, 1.165) is 24.5 Å². The van der Waals surface area contributed by atoms with Crippen molar-refractivity contribution < 1.29 is 4.42 Å². The average Bonchev–Trinajstić information content (AvgIpc) is 2.51. The van der Waals surface area contributed by atoms with Gasteiger partial charge in [0, 0.05) is 19.1 Å². The van der Waals surface area contributed by atoms with Crippen molar-refractivity contribution in [1.29, 1.82) is 0 Å². The third-order valence-electron chi connectivity index (χ3n) is 2.74. The highest BCUT2D eigenvalue weighted by molar-refractivity contribution is 5.18. The van der Waals surface area contributed by atoms with Gasteiger partial charge >= 0.3 is 0 Å². The number of hydrogen-bond acceptors (Lipinski definition) is 4. The van der Waals surface area contributed by atoms with E-state index in [2.05, 4.69) is 29.5 Å². The van der Waals surface area contributed by atoms with E-state index in [1.165, 1.54) is 6.39 Å². The van der Waals surface area contributed by atoms with Gasteiger partial charge in [-0.3, -0.25) is 0 Å². The molecule has 14 heavy (non-hydrogen) atoms. The Morgan fingerprint density at radius 2 is 2.43 bits per heavy atom. The Bertz CT molecular complexity index is 323. The lowest BCUT2D eigenvalue weighted by Crippen LogP contribution is -2.59. The lowest BCUT2D eigenvalue weighted by molar-refractivity contribution is 0.216. The molecule has 0 radical (unpaired) electrons. The largest absolute Gasteiger partial charge is 0.446 e. The summed E-state index contributed by atoms with van der Waals surface area (Å²) in [5, 5.41) is 6.93. The Morgan fingerprint density at radius 3 is 3.00 bits per heavy atom. The number of piperazine rings is 1. The van der Waals surface area contributed by atoms with Crippen LogP contribution in [0.2, 0.25) is 0 Å². The molecule has 1 aromatic rings. The van der Waals surface area contributed by atoms with Crippen molar-refractivity contribution in [3.05, 3.63) is 17.8 Å². The zero-order chi connectivity index (χ0) is 10.2. The van der Waals surface area contributed by atoms with Crippen LogP contribution < -0.4 is 10.6 Å². The first-order valence-corrected chi connectivity index (χ1v) is 5.01. The van der Waals surface area contributed by atoms with E-state index < -0.39 is 0 Å². The minimum Gasteiger partial charge on any atom is -0.446 e. The van der Waals surface area contributed by atoms with Crippen LogP contribution in [0.5, 0.6) is 0 Å². The van der Waals surface area contributed by atoms with Gasteiger partial charge in [-0.2, -0.15) is 0 Å². The van der Waals surface area contributed by atoms with Crippen LogP contribution in [0, 0.1) is 6.92 Å². The molecule has 2 atom stereocenters. The smallest absolute Gasteiger partial charge is 0.181 e. The van der Waals surface area contributed by atoms with Crippen molar-refractivity contribution in [2.75, 3.05) is 13.1 Å². The molecule has 1 saturated heterocycles. The standard InChI is InChI=1S/C10H17N3O/c1-7-4-11-5-10(3,13-7)9-8(2)12-6-14-9/h6-7,11,13H,4-5H2,1-3H3. The van der Waals surface area contributed by atoms with Gasteiger partial charge < -0.3 is 15.1 Å². The molecule has 4 nitrogen and oxygen atoms in total. The Kier molecular flexibility index (Phi) is 2.33. The van der Waals surface area contributed by atoms with E-state index in [4.69, 9.17) is 4.42 Å². The first-order valence-electron chi connectivity index (χ1n) is 5.01. The van der Waals surface area contributed by atoms with Gasteiger partial charge in [0.25, 0.3) is 0 Å². The molecule has 0 bridgehead atoms. The molecule has 0 saturated carbocycles. The van der Waals surface area contributed by atoms with Crippen LogP contribution in [0.3, 0.4) is 0 Å². The van der Waals surface area contributed by atoms with Crippen LogP contribution in [0.15, 0.2) is 10.8 Å². The van der Waals surface area contributed by atoms with Crippen molar-refractivity contribution in [2.45, 2.75) is 32.4 Å². The highest BCUT2D eigenvalue weighted by Gasteiger charge is 2.35. The maximum atomic E-state index is 5.44. The molecule has 2 unspecified atom stereocenters. The van der Waals surface area contributed by atoms with Crippen LogP contribution in [0.25, 0.3) is 0 Å². The summed E-state index contributed by atoms with van der Waals surface area (Å²) in [6.07, 6.45) is 1.51. The fourth-order valence-corrected chi connectivity index (χ4v) is 2.16. The summed E-state index contributed by atoms with van der Waals surface area (Å²) in [5.74, 6) is 0.941. The molecule has 2 N–H and O–H groups in total. The number of aryl methyl sites for hydroxylation is 1. The van der Waals surface area contributed by atoms with Gasteiger partial charge in [0.1, 0.15) is 5.76 Å². The Hall–Kier alpha value is -0.870. The quantitative estimate of drug-likeness (QED) is 0.695. The van der Waals surface area contributed by atoms with Crippen molar-refractivity contribution in [3.63, 3.8) is 0 Å². The van der Waals surface area contributed by atoms with Crippen molar-refractivity contribution >= 4 is 0 Å². The number of oxazole rings is 1. The Morgan fingerprint density at radius 1 is 1.64 bits per heavy atom. The van der Waals surface area contributed by atoms with Gasteiger partial charge in [-0.15, -0.1) is 0 Å². The first kappa shape index (κ1) is 9.68. The summed E-state index contributed by atoms with van der Waals surface area (Å²) in [4.78, 5) is 4.13. The minimum atomic E-state index is -0.127. The topological polar surface area (TPSA) is 50.1 Å². The summed E-state index contributed by atoms with van der Waals surface area (Å²) in [6.45, 7) is 8.17. The number of nitrogens with one attached hydrogen (secondary N) is 2. The molecule has 0 amide bonds. The molecule has 1 aliphatic rings. The maximum absolute atomic E-state index is 5.44. The zero-order valence-electron chi connectivity index (χ0n) is 8.92. The number of hydrogen-bond donors (Lipinski definition) is 2. The summed E-state index contributed by atoms with van der Waals surface area (Å²) >= 11 is 0. The van der Waals surface area contributed by atoms with Crippen LogP contribution >= 0.6 is 0 Å².